The second kappa shape index (κ2) is 7.61. The molecule has 2 aromatic carbocycles. The normalized spacial score (nSPS) is 17.5. The van der Waals surface area contributed by atoms with Crippen LogP contribution in [0.3, 0.4) is 0 Å². The number of carbonyl (C=O) groups excluding carboxylic acids is 1. The lowest BCUT2D eigenvalue weighted by Gasteiger charge is -2.20. The topological polar surface area (TPSA) is 99.2 Å². The van der Waals surface area contributed by atoms with E-state index >= 15 is 0 Å². The second-order valence-electron chi connectivity index (χ2n) is 7.50. The van der Waals surface area contributed by atoms with Gasteiger partial charge in [-0.05, 0) is 30.7 Å². The Morgan fingerprint density at radius 1 is 1.03 bits per heavy atom. The Bertz CT molecular complexity index is 1370. The van der Waals surface area contributed by atoms with E-state index < -0.39 is 11.5 Å². The Morgan fingerprint density at radius 2 is 1.74 bits per heavy atom. The van der Waals surface area contributed by atoms with E-state index in [1.165, 1.54) is 11.8 Å². The van der Waals surface area contributed by atoms with Gasteiger partial charge in [0, 0.05) is 23.6 Å². The predicted octanol–water partition coefficient (Wildman–Crippen LogP) is 3.22. The van der Waals surface area contributed by atoms with Crippen LogP contribution in [-0.2, 0) is 16.8 Å². The molecule has 0 spiro atoms. The third kappa shape index (κ3) is 3.28. The number of aromatic nitrogens is 3. The maximum absolute atomic E-state index is 13.0. The first-order valence-electron chi connectivity index (χ1n) is 9.53. The predicted molar refractivity (Wildman–Crippen MR) is 120 cm³/mol. The number of pyridine rings is 1. The number of hydrogen-bond donors (Lipinski definition) is 2. The fourth-order valence-corrected chi connectivity index (χ4v) is 3.97. The molecule has 0 fully saturated rings. The number of rotatable bonds is 3. The molecule has 8 heteroatoms. The molecule has 4 aromatic rings. The maximum atomic E-state index is 13.0. The van der Waals surface area contributed by atoms with Crippen molar-refractivity contribution in [1.29, 1.82) is 0 Å². The second-order valence-corrected chi connectivity index (χ2v) is 7.50. The van der Waals surface area contributed by atoms with Crippen molar-refractivity contribution in [2.45, 2.75) is 18.9 Å². The maximum Gasteiger partial charge on any atom is 0.272 e. The summed E-state index contributed by atoms with van der Waals surface area (Å²) in [5.41, 5.74) is 1.48. The van der Waals surface area contributed by atoms with E-state index in [1.54, 1.807) is 36.7 Å². The van der Waals surface area contributed by atoms with Gasteiger partial charge in [-0.25, -0.2) is 5.10 Å². The summed E-state index contributed by atoms with van der Waals surface area (Å²) >= 11 is 0. The molecule has 7 nitrogen and oxygen atoms in total. The number of fused-ring (bicyclic) bond motifs is 2. The summed E-state index contributed by atoms with van der Waals surface area (Å²) in [5.74, 6) is -0.421. The van der Waals surface area contributed by atoms with Crippen LogP contribution in [0.25, 0.3) is 10.8 Å². The van der Waals surface area contributed by atoms with E-state index in [9.17, 15) is 14.7 Å². The van der Waals surface area contributed by atoms with Gasteiger partial charge in [0.2, 0.25) is 0 Å². The SMILES string of the molecule is C[C@]1(O)C(=O)N(c2cncc(Cc3n[nH]c(=O)c4ccccc34)c2)c2ccccc21.Cl. The Labute approximate surface area is 183 Å². The summed E-state index contributed by atoms with van der Waals surface area (Å²) in [7, 11) is 0. The molecule has 2 N–H and O–H groups in total. The highest BCUT2D eigenvalue weighted by molar-refractivity contribution is 6.11. The Kier molecular flexibility index (Phi) is 5.08. The van der Waals surface area contributed by atoms with Crippen molar-refractivity contribution in [2.24, 2.45) is 0 Å². The lowest BCUT2D eigenvalue weighted by Crippen LogP contribution is -2.35. The minimum Gasteiger partial charge on any atom is -0.375 e. The number of aromatic amines is 1. The monoisotopic (exact) mass is 434 g/mol. The fraction of sp³-hybridized carbons (Fsp3) is 0.130. The summed E-state index contributed by atoms with van der Waals surface area (Å²) in [6.45, 7) is 1.50. The summed E-state index contributed by atoms with van der Waals surface area (Å²) in [6, 6.07) is 16.3. The Balaban J connectivity index is 0.00000231. The minimum atomic E-state index is -1.59. The zero-order valence-corrected chi connectivity index (χ0v) is 17.4. The number of para-hydroxylation sites is 1. The van der Waals surface area contributed by atoms with Crippen molar-refractivity contribution in [3.8, 4) is 0 Å². The molecule has 0 aliphatic carbocycles. The summed E-state index contributed by atoms with van der Waals surface area (Å²) in [5, 5.41) is 18.8. The van der Waals surface area contributed by atoms with Crippen LogP contribution in [0.5, 0.6) is 0 Å². The quantitative estimate of drug-likeness (QED) is 0.515. The smallest absolute Gasteiger partial charge is 0.272 e. The highest BCUT2D eigenvalue weighted by Crippen LogP contribution is 2.43. The number of amides is 1. The van der Waals surface area contributed by atoms with Gasteiger partial charge >= 0.3 is 0 Å². The molecule has 1 aliphatic rings. The van der Waals surface area contributed by atoms with E-state index in [1.807, 2.05) is 30.3 Å². The van der Waals surface area contributed by atoms with Crippen molar-refractivity contribution >= 4 is 40.5 Å². The van der Waals surface area contributed by atoms with Gasteiger partial charge < -0.3 is 5.11 Å². The molecule has 2 aromatic heterocycles. The molecule has 156 valence electrons. The Morgan fingerprint density at radius 3 is 2.55 bits per heavy atom. The van der Waals surface area contributed by atoms with Gasteiger partial charge in [0.25, 0.3) is 11.5 Å². The van der Waals surface area contributed by atoms with Crippen LogP contribution < -0.4 is 10.5 Å². The van der Waals surface area contributed by atoms with Gasteiger partial charge in [-0.3, -0.25) is 19.5 Å². The number of hydrogen-bond acceptors (Lipinski definition) is 5. The van der Waals surface area contributed by atoms with Crippen molar-refractivity contribution in [1.82, 2.24) is 15.2 Å². The van der Waals surface area contributed by atoms with E-state index in [-0.39, 0.29) is 18.0 Å². The molecular formula is C23H19ClN4O3. The van der Waals surface area contributed by atoms with E-state index in [4.69, 9.17) is 0 Å². The number of halogens is 1. The van der Waals surface area contributed by atoms with Crippen LogP contribution in [0.4, 0.5) is 11.4 Å². The molecule has 31 heavy (non-hydrogen) atoms. The average Bonchev–Trinajstić information content (AvgIpc) is 2.96. The van der Waals surface area contributed by atoms with Crippen LogP contribution in [-0.4, -0.2) is 26.2 Å². The van der Waals surface area contributed by atoms with Crippen molar-refractivity contribution in [3.63, 3.8) is 0 Å². The number of nitrogens with zero attached hydrogens (tertiary/aromatic N) is 3. The zero-order valence-electron chi connectivity index (χ0n) is 16.6. The highest BCUT2D eigenvalue weighted by atomic mass is 35.5. The van der Waals surface area contributed by atoms with Crippen molar-refractivity contribution in [2.75, 3.05) is 4.90 Å². The lowest BCUT2D eigenvalue weighted by molar-refractivity contribution is -0.133. The first kappa shape index (κ1) is 20.7. The number of benzene rings is 2. The number of H-pyrrole nitrogens is 1. The average molecular weight is 435 g/mol. The van der Waals surface area contributed by atoms with Gasteiger partial charge in [0.1, 0.15) is 0 Å². The zero-order chi connectivity index (χ0) is 20.9. The third-order valence-electron chi connectivity index (χ3n) is 5.47. The van der Waals surface area contributed by atoms with Crippen LogP contribution in [0.1, 0.15) is 23.7 Å². The summed E-state index contributed by atoms with van der Waals surface area (Å²) < 4.78 is 0. The molecule has 0 saturated carbocycles. The first-order chi connectivity index (χ1) is 14.5. The highest BCUT2D eigenvalue weighted by Gasteiger charge is 2.46. The largest absolute Gasteiger partial charge is 0.375 e. The molecule has 1 atom stereocenters. The molecule has 0 saturated heterocycles. The van der Waals surface area contributed by atoms with Gasteiger partial charge in [-0.15, -0.1) is 12.4 Å². The molecule has 0 unspecified atom stereocenters. The minimum absolute atomic E-state index is 0. The molecule has 0 radical (unpaired) electrons. The summed E-state index contributed by atoms with van der Waals surface area (Å²) in [6.07, 6.45) is 3.73. The fourth-order valence-electron chi connectivity index (χ4n) is 3.97. The van der Waals surface area contributed by atoms with E-state index in [0.717, 1.165) is 10.9 Å². The molecule has 1 amide bonds. The standard InChI is InChI=1S/C23H18N4O3.ClH/c1-23(30)18-8-4-5-9-20(18)27(22(23)29)15-10-14(12-24-13-15)11-19-16-6-2-3-7-17(16)21(28)26-25-19;/h2-10,12-13,30H,11H2,1H3,(H,26,28);1H/t23-;/m1./s1. The molecule has 3 heterocycles. The third-order valence-corrected chi connectivity index (χ3v) is 5.47. The Hall–Kier alpha value is -3.55. The first-order valence-corrected chi connectivity index (χ1v) is 9.53. The van der Waals surface area contributed by atoms with Crippen LogP contribution in [0.2, 0.25) is 0 Å². The lowest BCUT2D eigenvalue weighted by atomic mass is 9.98. The van der Waals surface area contributed by atoms with E-state index in [0.29, 0.717) is 34.4 Å². The number of nitrogens with one attached hydrogen (secondary N) is 1. The molecule has 5 rings (SSSR count). The van der Waals surface area contributed by atoms with Crippen molar-refractivity contribution in [3.05, 3.63) is 94.2 Å². The molecule has 1 aliphatic heterocycles. The van der Waals surface area contributed by atoms with Crippen LogP contribution in [0, 0.1) is 0 Å². The summed E-state index contributed by atoms with van der Waals surface area (Å²) in [4.78, 5) is 30.8. The number of aliphatic hydroxyl groups is 1. The molecular weight excluding hydrogens is 416 g/mol. The van der Waals surface area contributed by atoms with Crippen molar-refractivity contribution < 1.29 is 9.90 Å². The van der Waals surface area contributed by atoms with E-state index in [2.05, 4.69) is 15.2 Å². The van der Waals surface area contributed by atoms with Crippen LogP contribution >= 0.6 is 12.4 Å². The van der Waals surface area contributed by atoms with Crippen LogP contribution in [0.15, 0.2) is 71.8 Å². The van der Waals surface area contributed by atoms with Gasteiger partial charge in [-0.2, -0.15) is 5.10 Å². The van der Waals surface area contributed by atoms with Gasteiger partial charge in [0.15, 0.2) is 5.60 Å². The number of carbonyl (C=O) groups is 1. The number of anilines is 2. The van der Waals surface area contributed by atoms with Gasteiger partial charge in [0.05, 0.1) is 28.7 Å². The molecule has 0 bridgehead atoms. The van der Waals surface area contributed by atoms with Gasteiger partial charge in [-0.1, -0.05) is 36.4 Å².